The molecule has 0 amide bonds. The molecule has 2 heterocycles. The molecular weight excluding hydrogens is 422 g/mol. The molecule has 0 spiro atoms. The van der Waals surface area contributed by atoms with Gasteiger partial charge in [0, 0.05) is 17.3 Å². The van der Waals surface area contributed by atoms with E-state index < -0.39 is 11.4 Å². The molecule has 9 nitrogen and oxygen atoms in total. The SMILES string of the molecule is O=c1[nH]c(=O)n(Cc2ccc(Cl)cc2)/c(=N/c2ccc(Oc3ccnc(O)c3)cc2)[nH]1. The summed E-state index contributed by atoms with van der Waals surface area (Å²) in [6, 6.07) is 16.7. The Balaban J connectivity index is 1.65. The van der Waals surface area contributed by atoms with Gasteiger partial charge in [0.05, 0.1) is 12.2 Å². The van der Waals surface area contributed by atoms with E-state index in [-0.39, 0.29) is 18.0 Å². The third-order valence-electron chi connectivity index (χ3n) is 4.22. The summed E-state index contributed by atoms with van der Waals surface area (Å²) in [5.41, 5.74) is 0.156. The highest BCUT2D eigenvalue weighted by Gasteiger charge is 2.05. The molecule has 0 unspecified atom stereocenters. The van der Waals surface area contributed by atoms with Gasteiger partial charge in [0.1, 0.15) is 11.5 Å². The van der Waals surface area contributed by atoms with Crippen LogP contribution in [0.2, 0.25) is 5.02 Å². The number of aromatic nitrogens is 4. The fraction of sp³-hybridized carbons (Fsp3) is 0.0476. The predicted molar refractivity (Wildman–Crippen MR) is 114 cm³/mol. The lowest BCUT2D eigenvalue weighted by atomic mass is 10.2. The number of halogens is 1. The second-order valence-electron chi connectivity index (χ2n) is 6.48. The van der Waals surface area contributed by atoms with Gasteiger partial charge in [-0.05, 0) is 48.0 Å². The van der Waals surface area contributed by atoms with Gasteiger partial charge in [0.25, 0.3) is 0 Å². The minimum Gasteiger partial charge on any atom is -0.493 e. The number of H-pyrrole nitrogens is 2. The largest absolute Gasteiger partial charge is 0.493 e. The van der Waals surface area contributed by atoms with Crippen LogP contribution in [0.15, 0.2) is 81.4 Å². The smallest absolute Gasteiger partial charge is 0.332 e. The maximum Gasteiger partial charge on any atom is 0.332 e. The lowest BCUT2D eigenvalue weighted by Gasteiger charge is -2.07. The lowest BCUT2D eigenvalue weighted by Crippen LogP contribution is -2.44. The molecular formula is C21H16ClN5O4. The predicted octanol–water partition coefficient (Wildman–Crippen LogP) is 2.69. The van der Waals surface area contributed by atoms with Crippen LogP contribution in [-0.2, 0) is 6.54 Å². The van der Waals surface area contributed by atoms with Crippen LogP contribution in [0, 0.1) is 0 Å². The van der Waals surface area contributed by atoms with Gasteiger partial charge in [0.2, 0.25) is 11.5 Å². The Hall–Kier alpha value is -4.11. The molecule has 0 radical (unpaired) electrons. The molecule has 2 aromatic heterocycles. The Morgan fingerprint density at radius 2 is 1.74 bits per heavy atom. The second kappa shape index (κ2) is 8.72. The molecule has 4 rings (SSSR count). The number of nitrogens with zero attached hydrogens (tertiary/aromatic N) is 3. The number of hydrogen-bond acceptors (Lipinski definition) is 6. The van der Waals surface area contributed by atoms with E-state index in [0.717, 1.165) is 5.56 Å². The van der Waals surface area contributed by atoms with Crippen molar-refractivity contribution in [3.05, 3.63) is 104 Å². The number of rotatable bonds is 5. The van der Waals surface area contributed by atoms with Crippen LogP contribution in [-0.4, -0.2) is 24.6 Å². The number of pyridine rings is 1. The third kappa shape index (κ3) is 5.09. The van der Waals surface area contributed by atoms with E-state index in [2.05, 4.69) is 19.9 Å². The zero-order valence-electron chi connectivity index (χ0n) is 15.9. The molecule has 10 heteroatoms. The molecule has 0 saturated carbocycles. The fourth-order valence-corrected chi connectivity index (χ4v) is 2.90. The highest BCUT2D eigenvalue weighted by molar-refractivity contribution is 6.30. The Bertz CT molecular complexity index is 1390. The molecule has 0 atom stereocenters. The number of nitrogens with one attached hydrogen (secondary N) is 2. The summed E-state index contributed by atoms with van der Waals surface area (Å²) in [6.45, 7) is 0.189. The molecule has 2 aromatic carbocycles. The number of aromatic hydroxyl groups is 1. The van der Waals surface area contributed by atoms with Crippen molar-refractivity contribution in [2.24, 2.45) is 4.99 Å². The van der Waals surface area contributed by atoms with Crippen LogP contribution in [0.5, 0.6) is 17.4 Å². The van der Waals surface area contributed by atoms with E-state index >= 15 is 0 Å². The highest BCUT2D eigenvalue weighted by Crippen LogP contribution is 2.25. The van der Waals surface area contributed by atoms with Gasteiger partial charge in [-0.3, -0.25) is 14.5 Å². The highest BCUT2D eigenvalue weighted by atomic mass is 35.5. The second-order valence-corrected chi connectivity index (χ2v) is 6.91. The van der Waals surface area contributed by atoms with E-state index in [9.17, 15) is 14.7 Å². The van der Waals surface area contributed by atoms with Crippen LogP contribution in [0.4, 0.5) is 5.69 Å². The standard InChI is InChI=1S/C21H16ClN5O4/c22-14-3-1-13(2-4-14)12-27-19(25-20(29)26-21(27)30)24-15-5-7-16(8-6-15)31-17-9-10-23-18(28)11-17/h1-11H,12H2,(H,23,28)(H2,24,25,26,29,30). The third-order valence-corrected chi connectivity index (χ3v) is 4.48. The van der Waals surface area contributed by atoms with Crippen LogP contribution in [0.3, 0.4) is 0 Å². The molecule has 0 aliphatic rings. The Morgan fingerprint density at radius 3 is 2.45 bits per heavy atom. The minimum atomic E-state index is -0.659. The summed E-state index contributed by atoms with van der Waals surface area (Å²) >= 11 is 5.91. The number of benzene rings is 2. The average Bonchev–Trinajstić information content (AvgIpc) is 2.73. The first kappa shape index (κ1) is 20.2. The van der Waals surface area contributed by atoms with E-state index in [4.69, 9.17) is 16.3 Å². The molecule has 31 heavy (non-hydrogen) atoms. The number of aromatic amines is 2. The molecule has 0 bridgehead atoms. The average molecular weight is 438 g/mol. The summed E-state index contributed by atoms with van der Waals surface area (Å²) in [6.07, 6.45) is 1.43. The van der Waals surface area contributed by atoms with Crippen molar-refractivity contribution in [3.8, 4) is 17.4 Å². The van der Waals surface area contributed by atoms with Gasteiger partial charge < -0.3 is 9.84 Å². The topological polar surface area (TPSA) is 125 Å². The molecule has 0 saturated heterocycles. The van der Waals surface area contributed by atoms with Crippen LogP contribution >= 0.6 is 11.6 Å². The number of hydrogen-bond donors (Lipinski definition) is 3. The van der Waals surface area contributed by atoms with Gasteiger partial charge >= 0.3 is 11.4 Å². The summed E-state index contributed by atoms with van der Waals surface area (Å²) in [7, 11) is 0. The van der Waals surface area contributed by atoms with Crippen molar-refractivity contribution in [1.29, 1.82) is 0 Å². The molecule has 0 aliphatic carbocycles. The molecule has 4 aromatic rings. The monoisotopic (exact) mass is 437 g/mol. The minimum absolute atomic E-state index is 0.0939. The van der Waals surface area contributed by atoms with E-state index in [0.29, 0.717) is 22.2 Å². The molecule has 0 aliphatic heterocycles. The lowest BCUT2D eigenvalue weighted by molar-refractivity contribution is 0.438. The van der Waals surface area contributed by atoms with Crippen molar-refractivity contribution in [2.75, 3.05) is 0 Å². The summed E-state index contributed by atoms with van der Waals surface area (Å²) < 4.78 is 6.96. The normalized spacial score (nSPS) is 11.5. The Labute approximate surface area is 179 Å². The van der Waals surface area contributed by atoms with E-state index in [1.54, 1.807) is 54.6 Å². The van der Waals surface area contributed by atoms with Gasteiger partial charge in [-0.1, -0.05) is 23.7 Å². The first-order valence-corrected chi connectivity index (χ1v) is 9.50. The van der Waals surface area contributed by atoms with Gasteiger partial charge in [-0.15, -0.1) is 0 Å². The van der Waals surface area contributed by atoms with E-state index in [1.807, 2.05) is 0 Å². The molecule has 0 fully saturated rings. The van der Waals surface area contributed by atoms with Gasteiger partial charge in [-0.2, -0.15) is 0 Å². The van der Waals surface area contributed by atoms with Gasteiger partial charge in [0.15, 0.2) is 0 Å². The van der Waals surface area contributed by atoms with Gasteiger partial charge in [-0.25, -0.2) is 19.6 Å². The van der Waals surface area contributed by atoms with Crippen molar-refractivity contribution < 1.29 is 9.84 Å². The van der Waals surface area contributed by atoms with Crippen LogP contribution in [0.25, 0.3) is 0 Å². The first-order chi connectivity index (χ1) is 15.0. The van der Waals surface area contributed by atoms with Crippen LogP contribution in [0.1, 0.15) is 5.56 Å². The maximum absolute atomic E-state index is 12.4. The zero-order chi connectivity index (χ0) is 21.8. The number of ether oxygens (including phenoxy) is 1. The van der Waals surface area contributed by atoms with Crippen LogP contribution < -0.4 is 21.7 Å². The molecule has 156 valence electrons. The van der Waals surface area contributed by atoms with Crippen molar-refractivity contribution in [2.45, 2.75) is 6.54 Å². The Kier molecular flexibility index (Phi) is 5.67. The van der Waals surface area contributed by atoms with E-state index in [1.165, 1.54) is 16.8 Å². The molecule has 3 N–H and O–H groups in total. The maximum atomic E-state index is 12.4. The summed E-state index contributed by atoms with van der Waals surface area (Å²) in [4.78, 5) is 37.0. The summed E-state index contributed by atoms with van der Waals surface area (Å²) in [5.74, 6) is 0.794. The van der Waals surface area contributed by atoms with Crippen molar-refractivity contribution in [3.63, 3.8) is 0 Å². The fourth-order valence-electron chi connectivity index (χ4n) is 2.78. The first-order valence-electron chi connectivity index (χ1n) is 9.12. The zero-order valence-corrected chi connectivity index (χ0v) is 16.7. The Morgan fingerprint density at radius 1 is 1.00 bits per heavy atom. The summed E-state index contributed by atoms with van der Waals surface area (Å²) in [5, 5.41) is 10.00. The quantitative estimate of drug-likeness (QED) is 0.442. The van der Waals surface area contributed by atoms with Crippen molar-refractivity contribution in [1.82, 2.24) is 19.5 Å². The van der Waals surface area contributed by atoms with Crippen molar-refractivity contribution >= 4 is 17.3 Å².